The van der Waals surface area contributed by atoms with Gasteiger partial charge in [0.2, 0.25) is 0 Å². The van der Waals surface area contributed by atoms with Crippen molar-refractivity contribution in [2.75, 3.05) is 13.1 Å². The zero-order valence-corrected chi connectivity index (χ0v) is 15.2. The van der Waals surface area contributed by atoms with Crippen molar-refractivity contribution in [3.05, 3.63) is 27.2 Å². The molecule has 1 heterocycles. The predicted molar refractivity (Wildman–Crippen MR) is 86.5 cm³/mol. The lowest BCUT2D eigenvalue weighted by molar-refractivity contribution is 0.0697. The molecule has 0 aromatic heterocycles. The van der Waals surface area contributed by atoms with Crippen LogP contribution >= 0.6 is 38.2 Å². The molecule has 0 bridgehead atoms. The standard InChI is InChI=1S/C13H14BrCl2NO3S/c1-8-2-4-17(5-3-8)13(18)9-6-10(15)12(14)11(7-9)21(16,19)20/h6-8H,2-5H2,1H3. The molecule has 1 amide bonds. The van der Waals surface area contributed by atoms with Gasteiger partial charge in [0.1, 0.15) is 0 Å². The molecule has 21 heavy (non-hydrogen) atoms. The van der Waals surface area contributed by atoms with Gasteiger partial charge in [-0.3, -0.25) is 4.79 Å². The van der Waals surface area contributed by atoms with Crippen molar-refractivity contribution in [2.45, 2.75) is 24.7 Å². The van der Waals surface area contributed by atoms with E-state index in [0.717, 1.165) is 12.8 Å². The molecule has 8 heteroatoms. The molecule has 1 aromatic carbocycles. The molecule has 2 rings (SSSR count). The summed E-state index contributed by atoms with van der Waals surface area (Å²) in [5.74, 6) is 0.374. The highest BCUT2D eigenvalue weighted by Crippen LogP contribution is 2.33. The summed E-state index contributed by atoms with van der Waals surface area (Å²) in [6.07, 6.45) is 1.88. The van der Waals surface area contributed by atoms with E-state index < -0.39 is 9.05 Å². The van der Waals surface area contributed by atoms with Crippen molar-refractivity contribution < 1.29 is 13.2 Å². The summed E-state index contributed by atoms with van der Waals surface area (Å²) >= 11 is 9.07. The van der Waals surface area contributed by atoms with Crippen LogP contribution in [0.4, 0.5) is 0 Å². The highest BCUT2D eigenvalue weighted by Gasteiger charge is 2.25. The molecule has 0 N–H and O–H groups in total. The van der Waals surface area contributed by atoms with Crippen molar-refractivity contribution in [3.63, 3.8) is 0 Å². The van der Waals surface area contributed by atoms with Crippen LogP contribution in [0.15, 0.2) is 21.5 Å². The third kappa shape index (κ3) is 3.92. The Labute approximate surface area is 142 Å². The van der Waals surface area contributed by atoms with Gasteiger partial charge in [-0.2, -0.15) is 0 Å². The molecule has 0 saturated carbocycles. The van der Waals surface area contributed by atoms with E-state index in [1.54, 1.807) is 4.90 Å². The maximum Gasteiger partial charge on any atom is 0.262 e. The molecule has 0 aliphatic carbocycles. The molecule has 1 saturated heterocycles. The first-order chi connectivity index (χ1) is 9.70. The van der Waals surface area contributed by atoms with Gasteiger partial charge in [-0.25, -0.2) is 8.42 Å². The van der Waals surface area contributed by atoms with Crippen LogP contribution in [0.2, 0.25) is 5.02 Å². The average molecular weight is 415 g/mol. The Morgan fingerprint density at radius 2 is 1.90 bits per heavy atom. The van der Waals surface area contributed by atoms with Gasteiger partial charge in [0.15, 0.2) is 0 Å². The van der Waals surface area contributed by atoms with Gasteiger partial charge in [0.05, 0.1) is 14.4 Å². The van der Waals surface area contributed by atoms with Crippen molar-refractivity contribution >= 4 is 53.2 Å². The Morgan fingerprint density at radius 1 is 1.33 bits per heavy atom. The van der Waals surface area contributed by atoms with E-state index in [1.165, 1.54) is 12.1 Å². The minimum atomic E-state index is -3.98. The molecular formula is C13H14BrCl2NO3S. The van der Waals surface area contributed by atoms with E-state index in [2.05, 4.69) is 22.9 Å². The van der Waals surface area contributed by atoms with Crippen LogP contribution < -0.4 is 0 Å². The quantitative estimate of drug-likeness (QED) is 0.689. The molecule has 116 valence electrons. The summed E-state index contributed by atoms with van der Waals surface area (Å²) < 4.78 is 23.3. The Hall–Kier alpha value is -0.300. The summed E-state index contributed by atoms with van der Waals surface area (Å²) in [6, 6.07) is 2.72. The van der Waals surface area contributed by atoms with Gasteiger partial charge in [-0.1, -0.05) is 18.5 Å². The number of benzene rings is 1. The van der Waals surface area contributed by atoms with Crippen LogP contribution in [0.5, 0.6) is 0 Å². The van der Waals surface area contributed by atoms with E-state index in [0.29, 0.717) is 19.0 Å². The van der Waals surface area contributed by atoms with Crippen LogP contribution in [0.1, 0.15) is 30.1 Å². The first-order valence-corrected chi connectivity index (χ1v) is 9.91. The van der Waals surface area contributed by atoms with Crippen molar-refractivity contribution in [3.8, 4) is 0 Å². The number of amides is 1. The Kier molecular flexibility index (Phi) is 5.23. The number of nitrogens with zero attached hydrogens (tertiary/aromatic N) is 1. The molecule has 0 unspecified atom stereocenters. The molecule has 0 spiro atoms. The second kappa shape index (κ2) is 6.44. The Balaban J connectivity index is 2.36. The number of hydrogen-bond donors (Lipinski definition) is 0. The van der Waals surface area contributed by atoms with E-state index in [9.17, 15) is 13.2 Å². The lowest BCUT2D eigenvalue weighted by atomic mass is 9.98. The molecule has 4 nitrogen and oxygen atoms in total. The minimum Gasteiger partial charge on any atom is -0.339 e. The topological polar surface area (TPSA) is 54.5 Å². The largest absolute Gasteiger partial charge is 0.339 e. The first-order valence-electron chi connectivity index (χ1n) is 6.43. The average Bonchev–Trinajstić information content (AvgIpc) is 2.40. The van der Waals surface area contributed by atoms with Gasteiger partial charge < -0.3 is 4.90 Å². The van der Waals surface area contributed by atoms with Gasteiger partial charge in [-0.15, -0.1) is 0 Å². The SMILES string of the molecule is CC1CCN(C(=O)c2cc(Cl)c(Br)c(S(=O)(=O)Cl)c2)CC1. The molecule has 0 radical (unpaired) electrons. The smallest absolute Gasteiger partial charge is 0.262 e. The summed E-state index contributed by atoms with van der Waals surface area (Å²) in [5.41, 5.74) is 0.233. The number of piperidine rings is 1. The third-order valence-corrected chi connectivity index (χ3v) is 6.56. The molecule has 1 fully saturated rings. The Bertz CT molecular complexity index is 670. The van der Waals surface area contributed by atoms with E-state index >= 15 is 0 Å². The highest BCUT2D eigenvalue weighted by molar-refractivity contribution is 9.10. The number of halogens is 3. The van der Waals surface area contributed by atoms with Crippen LogP contribution in [-0.4, -0.2) is 32.3 Å². The van der Waals surface area contributed by atoms with E-state index in [1.807, 2.05) is 0 Å². The first kappa shape index (κ1) is 17.1. The fraction of sp³-hybridized carbons (Fsp3) is 0.462. The number of carbonyl (C=O) groups is 1. The summed E-state index contributed by atoms with van der Waals surface area (Å²) in [4.78, 5) is 14.0. The normalized spacial score (nSPS) is 17.0. The number of hydrogen-bond acceptors (Lipinski definition) is 3. The highest BCUT2D eigenvalue weighted by atomic mass is 79.9. The van der Waals surface area contributed by atoms with E-state index in [-0.39, 0.29) is 25.9 Å². The Morgan fingerprint density at radius 3 is 2.43 bits per heavy atom. The van der Waals surface area contributed by atoms with Crippen LogP contribution in [0.25, 0.3) is 0 Å². The zero-order chi connectivity index (χ0) is 15.8. The maximum absolute atomic E-state index is 12.5. The summed E-state index contributed by atoms with van der Waals surface area (Å²) in [5, 5.41) is 0.144. The van der Waals surface area contributed by atoms with Crippen LogP contribution in [0.3, 0.4) is 0 Å². The van der Waals surface area contributed by atoms with Gasteiger partial charge in [0.25, 0.3) is 15.0 Å². The number of carbonyl (C=O) groups excluding carboxylic acids is 1. The molecular weight excluding hydrogens is 401 g/mol. The molecule has 1 aliphatic heterocycles. The van der Waals surface area contributed by atoms with Crippen LogP contribution in [-0.2, 0) is 9.05 Å². The summed E-state index contributed by atoms with van der Waals surface area (Å²) in [6.45, 7) is 3.48. The minimum absolute atomic E-state index is 0.144. The fourth-order valence-corrected chi connectivity index (χ4v) is 4.64. The molecule has 1 aliphatic rings. The fourth-order valence-electron chi connectivity index (χ4n) is 2.26. The lowest BCUT2D eigenvalue weighted by Gasteiger charge is -2.30. The van der Waals surface area contributed by atoms with Crippen molar-refractivity contribution in [1.82, 2.24) is 4.90 Å². The molecule has 0 atom stereocenters. The maximum atomic E-state index is 12.5. The second-order valence-electron chi connectivity index (χ2n) is 5.18. The van der Waals surface area contributed by atoms with Gasteiger partial charge >= 0.3 is 0 Å². The number of likely N-dealkylation sites (tertiary alicyclic amines) is 1. The second-order valence-corrected chi connectivity index (χ2v) is 8.92. The van der Waals surface area contributed by atoms with Crippen molar-refractivity contribution in [2.24, 2.45) is 5.92 Å². The van der Waals surface area contributed by atoms with Gasteiger partial charge in [-0.05, 0) is 46.8 Å². The molecule has 1 aromatic rings. The summed E-state index contributed by atoms with van der Waals surface area (Å²) in [7, 11) is 1.39. The zero-order valence-electron chi connectivity index (χ0n) is 11.3. The lowest BCUT2D eigenvalue weighted by Crippen LogP contribution is -2.37. The predicted octanol–water partition coefficient (Wildman–Crippen LogP) is 3.90. The van der Waals surface area contributed by atoms with E-state index in [4.69, 9.17) is 22.3 Å². The number of rotatable bonds is 2. The monoisotopic (exact) mass is 413 g/mol. The third-order valence-electron chi connectivity index (χ3n) is 3.58. The van der Waals surface area contributed by atoms with Gasteiger partial charge in [0, 0.05) is 29.3 Å². The van der Waals surface area contributed by atoms with Crippen molar-refractivity contribution in [1.29, 1.82) is 0 Å². The van der Waals surface area contributed by atoms with Crippen LogP contribution in [0, 0.1) is 5.92 Å².